The molecule has 0 saturated heterocycles. The molecule has 2 aromatic carbocycles. The Morgan fingerprint density at radius 2 is 1.67 bits per heavy atom. The molecule has 0 aliphatic carbocycles. The quantitative estimate of drug-likeness (QED) is 0.602. The number of carbonyl (C=O) groups excluding carboxylic acids is 2. The average molecular weight is 410 g/mol. The third-order valence-corrected chi connectivity index (χ3v) is 5.13. The van der Waals surface area contributed by atoms with E-state index < -0.39 is 22.6 Å². The fourth-order valence-electron chi connectivity index (χ4n) is 2.29. The molecule has 0 fully saturated rings. The third kappa shape index (κ3) is 5.38. The zero-order valence-electron chi connectivity index (χ0n) is 15.2. The Morgan fingerprint density at radius 3 is 2.19 bits per heavy atom. The van der Waals surface area contributed by atoms with Crippen LogP contribution in [0.5, 0.6) is 0 Å². The first-order chi connectivity index (χ1) is 12.4. The van der Waals surface area contributed by atoms with Crippen LogP contribution in [0.2, 0.25) is 5.02 Å². The van der Waals surface area contributed by atoms with Crippen molar-refractivity contribution in [3.8, 4) is 0 Å². The highest BCUT2D eigenvalue weighted by Crippen LogP contribution is 2.23. The van der Waals surface area contributed by atoms with Gasteiger partial charge in [0.05, 0.1) is 15.5 Å². The molecule has 27 heavy (non-hydrogen) atoms. The van der Waals surface area contributed by atoms with Crippen molar-refractivity contribution in [2.45, 2.75) is 31.1 Å². The van der Waals surface area contributed by atoms with Crippen molar-refractivity contribution in [1.29, 1.82) is 0 Å². The van der Waals surface area contributed by atoms with Gasteiger partial charge in [0.2, 0.25) is 10.0 Å². The van der Waals surface area contributed by atoms with Crippen molar-refractivity contribution < 1.29 is 22.7 Å². The van der Waals surface area contributed by atoms with Gasteiger partial charge in [0.15, 0.2) is 12.4 Å². The summed E-state index contributed by atoms with van der Waals surface area (Å²) in [5.41, 5.74) is 1.25. The largest absolute Gasteiger partial charge is 0.454 e. The molecule has 8 heteroatoms. The lowest BCUT2D eigenvalue weighted by Gasteiger charge is -2.18. The minimum absolute atomic E-state index is 0.00520. The van der Waals surface area contributed by atoms with Crippen molar-refractivity contribution in [3.63, 3.8) is 0 Å². The van der Waals surface area contributed by atoms with Crippen molar-refractivity contribution in [2.24, 2.45) is 5.14 Å². The Labute approximate surface area is 163 Å². The van der Waals surface area contributed by atoms with Gasteiger partial charge in [-0.25, -0.2) is 18.4 Å². The summed E-state index contributed by atoms with van der Waals surface area (Å²) in [5, 5.41) is 5.03. The molecule has 0 atom stereocenters. The van der Waals surface area contributed by atoms with E-state index in [9.17, 15) is 18.0 Å². The Kier molecular flexibility index (Phi) is 6.09. The van der Waals surface area contributed by atoms with Crippen LogP contribution in [0.3, 0.4) is 0 Å². The highest BCUT2D eigenvalue weighted by molar-refractivity contribution is 7.89. The maximum atomic E-state index is 12.2. The van der Waals surface area contributed by atoms with E-state index in [0.29, 0.717) is 5.56 Å². The second-order valence-electron chi connectivity index (χ2n) is 7.01. The number of rotatable bonds is 5. The summed E-state index contributed by atoms with van der Waals surface area (Å²) in [6, 6.07) is 10.5. The van der Waals surface area contributed by atoms with E-state index in [1.54, 1.807) is 12.1 Å². The molecule has 144 valence electrons. The molecule has 0 saturated carbocycles. The van der Waals surface area contributed by atoms with Gasteiger partial charge in [-0.2, -0.15) is 0 Å². The summed E-state index contributed by atoms with van der Waals surface area (Å²) >= 11 is 5.91. The zero-order valence-corrected chi connectivity index (χ0v) is 16.7. The number of hydrogen-bond donors (Lipinski definition) is 1. The summed E-state index contributed by atoms with van der Waals surface area (Å²) in [7, 11) is -4.00. The van der Waals surface area contributed by atoms with Crippen LogP contribution in [-0.2, 0) is 20.2 Å². The standard InChI is InChI=1S/C19H20ClNO5S/c1-19(2,3)13-6-4-12(5-7-13)17(22)11-26-18(23)15-10-14(27(21,24)25)8-9-16(15)20/h4-10H,11H2,1-3H3,(H2,21,24,25). The number of carbonyl (C=O) groups is 2. The maximum Gasteiger partial charge on any atom is 0.340 e. The molecule has 0 heterocycles. The minimum atomic E-state index is -4.00. The molecule has 0 aromatic heterocycles. The van der Waals surface area contributed by atoms with Gasteiger partial charge in [0.1, 0.15) is 0 Å². The highest BCUT2D eigenvalue weighted by Gasteiger charge is 2.19. The Hall–Kier alpha value is -2.22. The van der Waals surface area contributed by atoms with Crippen molar-refractivity contribution in [2.75, 3.05) is 6.61 Å². The molecular formula is C19H20ClNO5S. The predicted molar refractivity (Wildman–Crippen MR) is 103 cm³/mol. The second-order valence-corrected chi connectivity index (χ2v) is 8.98. The van der Waals surface area contributed by atoms with Crippen LogP contribution < -0.4 is 5.14 Å². The summed E-state index contributed by atoms with van der Waals surface area (Å²) in [6.07, 6.45) is 0. The minimum Gasteiger partial charge on any atom is -0.454 e. The molecule has 2 N–H and O–H groups in total. The van der Waals surface area contributed by atoms with Crippen LogP contribution >= 0.6 is 11.6 Å². The molecule has 0 aliphatic heterocycles. The monoisotopic (exact) mass is 409 g/mol. The molecule has 0 aliphatic rings. The number of hydrogen-bond acceptors (Lipinski definition) is 5. The molecular weight excluding hydrogens is 390 g/mol. The van der Waals surface area contributed by atoms with Crippen LogP contribution in [0.4, 0.5) is 0 Å². The van der Waals surface area contributed by atoms with Gasteiger partial charge < -0.3 is 4.74 Å². The summed E-state index contributed by atoms with van der Waals surface area (Å²) < 4.78 is 27.8. The van der Waals surface area contributed by atoms with Crippen LogP contribution in [0.1, 0.15) is 47.1 Å². The first-order valence-corrected chi connectivity index (χ1v) is 9.95. The molecule has 0 unspecified atom stereocenters. The molecule has 2 aromatic rings. The van der Waals surface area contributed by atoms with Gasteiger partial charge in [-0.05, 0) is 29.2 Å². The number of Topliss-reactive ketones (excluding diaryl/α,β-unsaturated/α-hetero) is 1. The second kappa shape index (κ2) is 7.80. The van der Waals surface area contributed by atoms with Gasteiger partial charge in [-0.1, -0.05) is 56.6 Å². The number of halogens is 1. The zero-order chi connectivity index (χ0) is 20.4. The average Bonchev–Trinajstić information content (AvgIpc) is 2.58. The van der Waals surface area contributed by atoms with E-state index in [1.807, 2.05) is 12.1 Å². The SMILES string of the molecule is CC(C)(C)c1ccc(C(=O)COC(=O)c2cc(S(N)(=O)=O)ccc2Cl)cc1. The topological polar surface area (TPSA) is 104 Å². The molecule has 6 nitrogen and oxygen atoms in total. The van der Waals surface area contributed by atoms with Gasteiger partial charge in [0.25, 0.3) is 0 Å². The van der Waals surface area contributed by atoms with E-state index in [0.717, 1.165) is 11.6 Å². The Morgan fingerprint density at radius 1 is 1.07 bits per heavy atom. The number of esters is 1. The normalized spacial score (nSPS) is 11.9. The van der Waals surface area contributed by atoms with E-state index in [4.69, 9.17) is 21.5 Å². The number of ketones is 1. The van der Waals surface area contributed by atoms with Crippen molar-refractivity contribution in [3.05, 3.63) is 64.2 Å². The van der Waals surface area contributed by atoms with Crippen LogP contribution in [0.25, 0.3) is 0 Å². The van der Waals surface area contributed by atoms with E-state index in [-0.39, 0.29) is 26.7 Å². The number of primary sulfonamides is 1. The lowest BCUT2D eigenvalue weighted by Crippen LogP contribution is -2.17. The lowest BCUT2D eigenvalue weighted by molar-refractivity contribution is 0.0474. The van der Waals surface area contributed by atoms with E-state index in [1.165, 1.54) is 12.1 Å². The molecule has 2 rings (SSSR count). The van der Waals surface area contributed by atoms with Crippen molar-refractivity contribution in [1.82, 2.24) is 0 Å². The van der Waals surface area contributed by atoms with Gasteiger partial charge >= 0.3 is 5.97 Å². The smallest absolute Gasteiger partial charge is 0.340 e. The highest BCUT2D eigenvalue weighted by atomic mass is 35.5. The first kappa shape index (κ1) is 21.1. The van der Waals surface area contributed by atoms with Gasteiger partial charge in [-0.15, -0.1) is 0 Å². The summed E-state index contributed by atoms with van der Waals surface area (Å²) in [4.78, 5) is 24.1. The predicted octanol–water partition coefficient (Wildman–Crippen LogP) is 3.32. The molecule has 0 spiro atoms. The number of benzene rings is 2. The summed E-state index contributed by atoms with van der Waals surface area (Å²) in [6.45, 7) is 5.69. The van der Waals surface area contributed by atoms with E-state index >= 15 is 0 Å². The van der Waals surface area contributed by atoms with Crippen LogP contribution in [0, 0.1) is 0 Å². The Bertz CT molecular complexity index is 976. The Balaban J connectivity index is 2.10. The fourth-order valence-corrected chi connectivity index (χ4v) is 3.02. The fraction of sp³-hybridized carbons (Fsp3) is 0.263. The van der Waals surface area contributed by atoms with Gasteiger partial charge in [-0.3, -0.25) is 4.79 Å². The van der Waals surface area contributed by atoms with Crippen LogP contribution in [0.15, 0.2) is 47.4 Å². The number of ether oxygens (including phenoxy) is 1. The maximum absolute atomic E-state index is 12.2. The number of sulfonamides is 1. The lowest BCUT2D eigenvalue weighted by atomic mass is 9.86. The molecule has 0 bridgehead atoms. The molecule has 0 amide bonds. The van der Waals surface area contributed by atoms with E-state index in [2.05, 4.69) is 20.8 Å². The van der Waals surface area contributed by atoms with Crippen molar-refractivity contribution >= 4 is 33.4 Å². The first-order valence-electron chi connectivity index (χ1n) is 8.03. The summed E-state index contributed by atoms with van der Waals surface area (Å²) in [5.74, 6) is -1.30. The number of nitrogens with two attached hydrogens (primary N) is 1. The molecule has 0 radical (unpaired) electrons. The van der Waals surface area contributed by atoms with Crippen LogP contribution in [-0.4, -0.2) is 26.8 Å². The third-order valence-electron chi connectivity index (χ3n) is 3.89. The van der Waals surface area contributed by atoms with Gasteiger partial charge in [0, 0.05) is 5.56 Å².